The summed E-state index contributed by atoms with van der Waals surface area (Å²) in [6.45, 7) is 5.23. The molecular weight excluding hydrogens is 264 g/mol. The van der Waals surface area contributed by atoms with Gasteiger partial charge in [-0.25, -0.2) is 0 Å². The van der Waals surface area contributed by atoms with E-state index < -0.39 is 30.5 Å². The van der Waals surface area contributed by atoms with Crippen molar-refractivity contribution in [3.63, 3.8) is 0 Å². The molecule has 20 heavy (non-hydrogen) atoms. The zero-order chi connectivity index (χ0) is 15.1. The van der Waals surface area contributed by atoms with Gasteiger partial charge in [0, 0.05) is 13.5 Å². The number of esters is 1. The molecule has 1 heterocycles. The van der Waals surface area contributed by atoms with Crippen LogP contribution in [0.4, 0.5) is 0 Å². The van der Waals surface area contributed by atoms with Crippen molar-refractivity contribution in [2.24, 2.45) is 0 Å². The Kier molecular flexibility index (Phi) is 7.15. The zero-order valence-corrected chi connectivity index (χ0v) is 12.0. The number of carbonyl (C=O) groups excluding carboxylic acids is 1. The Morgan fingerprint density at radius 2 is 2.10 bits per heavy atom. The van der Waals surface area contributed by atoms with Gasteiger partial charge in [-0.05, 0) is 19.8 Å². The van der Waals surface area contributed by atoms with Crippen LogP contribution in [0, 0.1) is 0 Å². The Morgan fingerprint density at radius 1 is 1.40 bits per heavy atom. The number of allylic oxidation sites excluding steroid dienone is 1. The second kappa shape index (κ2) is 8.36. The average Bonchev–Trinajstić information content (AvgIpc) is 2.43. The first-order chi connectivity index (χ1) is 9.51. The number of methoxy groups -OCH3 is 1. The summed E-state index contributed by atoms with van der Waals surface area (Å²) in [6, 6.07) is 0. The van der Waals surface area contributed by atoms with E-state index in [4.69, 9.17) is 14.2 Å². The number of aliphatic hydroxyl groups is 2. The van der Waals surface area contributed by atoms with Crippen LogP contribution in [-0.2, 0) is 19.0 Å². The van der Waals surface area contributed by atoms with Crippen molar-refractivity contribution in [1.29, 1.82) is 0 Å². The van der Waals surface area contributed by atoms with Crippen molar-refractivity contribution >= 4 is 5.97 Å². The summed E-state index contributed by atoms with van der Waals surface area (Å²) < 4.78 is 15.8. The van der Waals surface area contributed by atoms with Gasteiger partial charge in [-0.2, -0.15) is 0 Å². The fourth-order valence-electron chi connectivity index (χ4n) is 2.19. The normalized spacial score (nSPS) is 33.7. The third-order valence-corrected chi connectivity index (χ3v) is 3.39. The van der Waals surface area contributed by atoms with Gasteiger partial charge in [0.15, 0.2) is 0 Å². The summed E-state index contributed by atoms with van der Waals surface area (Å²) in [5.74, 6) is -0.321. The molecule has 1 fully saturated rings. The number of unbranched alkanes of at least 4 members (excludes halogenated alkanes) is 1. The van der Waals surface area contributed by atoms with Gasteiger partial charge in [0.25, 0.3) is 0 Å². The van der Waals surface area contributed by atoms with Crippen molar-refractivity contribution in [3.8, 4) is 0 Å². The number of ether oxygens (including phenoxy) is 3. The van der Waals surface area contributed by atoms with E-state index in [0.29, 0.717) is 12.8 Å². The van der Waals surface area contributed by atoms with Crippen molar-refractivity contribution in [3.05, 3.63) is 12.7 Å². The van der Waals surface area contributed by atoms with Crippen molar-refractivity contribution < 1.29 is 29.2 Å². The monoisotopic (exact) mass is 288 g/mol. The molecule has 0 amide bonds. The second-order valence-corrected chi connectivity index (χ2v) is 4.93. The Morgan fingerprint density at radius 3 is 2.70 bits per heavy atom. The molecule has 0 aromatic rings. The Balaban J connectivity index is 2.44. The molecule has 1 rings (SSSR count). The fourth-order valence-corrected chi connectivity index (χ4v) is 2.19. The average molecular weight is 288 g/mol. The van der Waals surface area contributed by atoms with Crippen LogP contribution in [0.25, 0.3) is 0 Å². The van der Waals surface area contributed by atoms with Crippen LogP contribution in [0.2, 0.25) is 0 Å². The lowest BCUT2D eigenvalue weighted by Gasteiger charge is -2.40. The maximum atomic E-state index is 11.5. The first-order valence-electron chi connectivity index (χ1n) is 6.82. The van der Waals surface area contributed by atoms with Crippen LogP contribution in [-0.4, -0.2) is 60.4 Å². The highest BCUT2D eigenvalue weighted by Gasteiger charge is 2.43. The maximum absolute atomic E-state index is 11.5. The first kappa shape index (κ1) is 17.1. The van der Waals surface area contributed by atoms with Gasteiger partial charge in [-0.15, -0.1) is 6.58 Å². The molecule has 0 aliphatic carbocycles. The minimum Gasteiger partial charge on any atom is -0.463 e. The minimum absolute atomic E-state index is 0.000447. The van der Waals surface area contributed by atoms with Gasteiger partial charge in [0.1, 0.15) is 31.0 Å². The topological polar surface area (TPSA) is 85.2 Å². The summed E-state index contributed by atoms with van der Waals surface area (Å²) in [4.78, 5) is 11.5. The largest absolute Gasteiger partial charge is 0.463 e. The molecule has 5 unspecified atom stereocenters. The molecule has 0 spiro atoms. The summed E-state index contributed by atoms with van der Waals surface area (Å²) in [7, 11) is 1.42. The van der Waals surface area contributed by atoms with Crippen LogP contribution >= 0.6 is 0 Å². The number of hydrogen-bond acceptors (Lipinski definition) is 6. The van der Waals surface area contributed by atoms with Gasteiger partial charge in [-0.3, -0.25) is 4.79 Å². The molecule has 0 aromatic carbocycles. The molecule has 2 N–H and O–H groups in total. The third-order valence-electron chi connectivity index (χ3n) is 3.39. The lowest BCUT2D eigenvalue weighted by atomic mass is 9.96. The summed E-state index contributed by atoms with van der Waals surface area (Å²) >= 11 is 0. The number of hydrogen-bond donors (Lipinski definition) is 2. The molecule has 0 bridgehead atoms. The third kappa shape index (κ3) is 4.56. The van der Waals surface area contributed by atoms with E-state index in [2.05, 4.69) is 6.58 Å². The molecule has 1 aliphatic heterocycles. The molecule has 6 heteroatoms. The van der Waals surface area contributed by atoms with Crippen molar-refractivity contribution in [2.75, 3.05) is 13.7 Å². The van der Waals surface area contributed by atoms with E-state index in [1.165, 1.54) is 7.11 Å². The number of aliphatic hydroxyl groups excluding tert-OH is 2. The van der Waals surface area contributed by atoms with E-state index in [1.807, 2.05) is 0 Å². The second-order valence-electron chi connectivity index (χ2n) is 4.93. The summed E-state index contributed by atoms with van der Waals surface area (Å²) in [5.41, 5.74) is 0. The maximum Gasteiger partial charge on any atom is 0.305 e. The molecule has 0 aromatic heterocycles. The Hall–Kier alpha value is -0.950. The SMILES string of the molecule is C=CCCCC(=O)OCC1OC(C)C(O)C(O)C1OC. The predicted octanol–water partition coefficient (Wildman–Crippen LogP) is 0.410. The van der Waals surface area contributed by atoms with Gasteiger partial charge in [-0.1, -0.05) is 6.08 Å². The Bertz CT molecular complexity index is 319. The smallest absolute Gasteiger partial charge is 0.305 e. The summed E-state index contributed by atoms with van der Waals surface area (Å²) in [6.07, 6.45) is -0.404. The quantitative estimate of drug-likeness (QED) is 0.401. The van der Waals surface area contributed by atoms with Crippen LogP contribution in [0.15, 0.2) is 12.7 Å². The van der Waals surface area contributed by atoms with E-state index in [9.17, 15) is 15.0 Å². The van der Waals surface area contributed by atoms with E-state index in [0.717, 1.165) is 6.42 Å². The van der Waals surface area contributed by atoms with E-state index >= 15 is 0 Å². The summed E-state index contributed by atoms with van der Waals surface area (Å²) in [5, 5.41) is 19.6. The van der Waals surface area contributed by atoms with E-state index in [1.54, 1.807) is 13.0 Å². The molecule has 1 aliphatic rings. The van der Waals surface area contributed by atoms with Crippen LogP contribution in [0.3, 0.4) is 0 Å². The molecule has 0 radical (unpaired) electrons. The predicted molar refractivity (Wildman–Crippen MR) is 72.2 cm³/mol. The van der Waals surface area contributed by atoms with Crippen LogP contribution in [0.5, 0.6) is 0 Å². The highest BCUT2D eigenvalue weighted by Crippen LogP contribution is 2.23. The van der Waals surface area contributed by atoms with Gasteiger partial charge < -0.3 is 24.4 Å². The van der Waals surface area contributed by atoms with Crippen molar-refractivity contribution in [2.45, 2.75) is 56.7 Å². The first-order valence-corrected chi connectivity index (χ1v) is 6.82. The number of rotatable bonds is 7. The molecule has 5 atom stereocenters. The van der Waals surface area contributed by atoms with Gasteiger partial charge in [0.05, 0.1) is 6.10 Å². The Labute approximate surface area is 119 Å². The van der Waals surface area contributed by atoms with Crippen LogP contribution in [0.1, 0.15) is 26.2 Å². The van der Waals surface area contributed by atoms with Crippen LogP contribution < -0.4 is 0 Å². The lowest BCUT2D eigenvalue weighted by Crippen LogP contribution is -2.58. The zero-order valence-electron chi connectivity index (χ0n) is 12.0. The molecule has 0 saturated carbocycles. The highest BCUT2D eigenvalue weighted by molar-refractivity contribution is 5.69. The molecule has 6 nitrogen and oxygen atoms in total. The molecular formula is C14H24O6. The standard InChI is InChI=1S/C14H24O6/c1-4-5-6-7-11(15)19-8-10-14(18-3)13(17)12(16)9(2)20-10/h4,9-10,12-14,16-17H,1,5-8H2,2-3H3. The lowest BCUT2D eigenvalue weighted by molar-refractivity contribution is -0.234. The minimum atomic E-state index is -1.06. The van der Waals surface area contributed by atoms with Gasteiger partial charge >= 0.3 is 5.97 Å². The molecule has 116 valence electrons. The highest BCUT2D eigenvalue weighted by atomic mass is 16.6. The van der Waals surface area contributed by atoms with Gasteiger partial charge in [0.2, 0.25) is 0 Å². The number of carbonyl (C=O) groups is 1. The fraction of sp³-hybridized carbons (Fsp3) is 0.786. The van der Waals surface area contributed by atoms with E-state index in [-0.39, 0.29) is 12.6 Å². The van der Waals surface area contributed by atoms with Crippen molar-refractivity contribution in [1.82, 2.24) is 0 Å². The molecule has 1 saturated heterocycles.